The minimum Gasteiger partial charge on any atom is -0.550 e. The normalized spacial score (nSPS) is 16.0. The first kappa shape index (κ1) is 20.1. The number of carboxylic acid groups (broad SMARTS) is 1. The second-order valence-electron chi connectivity index (χ2n) is 6.48. The fourth-order valence-corrected chi connectivity index (χ4v) is 3.50. The molecule has 7 heteroatoms. The SMILES string of the molecule is COc1ccccc1[C@H]1CC(c2ccc(Br)cc2)=NN1C(=O)CCCC(=O)[O-]. The number of methoxy groups -OCH3 is 1. The van der Waals surface area contributed by atoms with Crippen molar-refractivity contribution in [3.63, 3.8) is 0 Å². The van der Waals surface area contributed by atoms with Gasteiger partial charge in [-0.1, -0.05) is 46.3 Å². The lowest BCUT2D eigenvalue weighted by molar-refractivity contribution is -0.305. The standard InChI is InChI=1S/C21H21BrN2O4/c1-28-19-6-3-2-5-16(19)18-13-17(14-9-11-15(22)12-10-14)23-24(18)20(25)7-4-8-21(26)27/h2-3,5-6,9-12,18H,4,7-8,13H2,1H3,(H,26,27)/p-1/t18-/m1/s1. The van der Waals surface area contributed by atoms with E-state index < -0.39 is 5.97 Å². The number of rotatable bonds is 7. The van der Waals surface area contributed by atoms with Gasteiger partial charge in [0.25, 0.3) is 0 Å². The number of carbonyl (C=O) groups excluding carboxylic acids is 2. The van der Waals surface area contributed by atoms with E-state index in [2.05, 4.69) is 21.0 Å². The van der Waals surface area contributed by atoms with Gasteiger partial charge in [0.05, 0.1) is 18.9 Å². The lowest BCUT2D eigenvalue weighted by Crippen LogP contribution is -2.28. The molecule has 2 aromatic rings. The highest BCUT2D eigenvalue weighted by atomic mass is 79.9. The van der Waals surface area contributed by atoms with Crippen molar-refractivity contribution >= 4 is 33.5 Å². The van der Waals surface area contributed by atoms with Crippen molar-refractivity contribution in [1.82, 2.24) is 5.01 Å². The van der Waals surface area contributed by atoms with E-state index >= 15 is 0 Å². The van der Waals surface area contributed by atoms with Crippen molar-refractivity contribution in [2.45, 2.75) is 31.7 Å². The van der Waals surface area contributed by atoms with Gasteiger partial charge in [0.1, 0.15) is 5.75 Å². The summed E-state index contributed by atoms with van der Waals surface area (Å²) in [6.07, 6.45) is 0.715. The van der Waals surface area contributed by atoms with Gasteiger partial charge >= 0.3 is 0 Å². The van der Waals surface area contributed by atoms with Crippen LogP contribution in [0.15, 0.2) is 58.1 Å². The molecule has 0 saturated carbocycles. The number of halogens is 1. The van der Waals surface area contributed by atoms with Crippen molar-refractivity contribution in [1.29, 1.82) is 0 Å². The molecule has 0 saturated heterocycles. The Morgan fingerprint density at radius 1 is 1.18 bits per heavy atom. The van der Waals surface area contributed by atoms with Crippen molar-refractivity contribution in [3.05, 3.63) is 64.1 Å². The number of aliphatic carboxylic acids is 1. The summed E-state index contributed by atoms with van der Waals surface area (Å²) in [4.78, 5) is 23.5. The summed E-state index contributed by atoms with van der Waals surface area (Å²) in [5.41, 5.74) is 2.61. The van der Waals surface area contributed by atoms with Gasteiger partial charge in [0.15, 0.2) is 0 Å². The monoisotopic (exact) mass is 443 g/mol. The number of hydrogen-bond acceptors (Lipinski definition) is 5. The maximum Gasteiger partial charge on any atom is 0.243 e. The van der Waals surface area contributed by atoms with Gasteiger partial charge in [0, 0.05) is 28.8 Å². The maximum atomic E-state index is 12.8. The molecule has 0 aromatic heterocycles. The van der Waals surface area contributed by atoms with E-state index in [0.717, 1.165) is 21.3 Å². The third kappa shape index (κ3) is 4.59. The van der Waals surface area contributed by atoms with Gasteiger partial charge in [-0.25, -0.2) is 5.01 Å². The molecule has 3 rings (SSSR count). The molecule has 0 unspecified atom stereocenters. The van der Waals surface area contributed by atoms with E-state index in [1.54, 1.807) is 7.11 Å². The third-order valence-corrected chi connectivity index (χ3v) is 5.14. The zero-order valence-electron chi connectivity index (χ0n) is 15.4. The minimum absolute atomic E-state index is 0.0940. The van der Waals surface area contributed by atoms with Gasteiger partial charge in [0.2, 0.25) is 5.91 Å². The van der Waals surface area contributed by atoms with Crippen LogP contribution in [0, 0.1) is 0 Å². The van der Waals surface area contributed by atoms with Crippen LogP contribution in [0.1, 0.15) is 42.9 Å². The number of para-hydroxylation sites is 1. The Bertz CT molecular complexity index is 896. The van der Waals surface area contributed by atoms with E-state index in [9.17, 15) is 14.7 Å². The first-order chi connectivity index (χ1) is 13.5. The van der Waals surface area contributed by atoms with Crippen molar-refractivity contribution in [2.24, 2.45) is 5.10 Å². The number of benzene rings is 2. The largest absolute Gasteiger partial charge is 0.550 e. The molecule has 1 amide bonds. The Kier molecular flexibility index (Phi) is 6.46. The predicted molar refractivity (Wildman–Crippen MR) is 107 cm³/mol. The van der Waals surface area contributed by atoms with E-state index in [-0.39, 0.29) is 31.2 Å². The molecule has 0 aliphatic carbocycles. The highest BCUT2D eigenvalue weighted by molar-refractivity contribution is 9.10. The molecule has 0 fully saturated rings. The smallest absolute Gasteiger partial charge is 0.243 e. The van der Waals surface area contributed by atoms with E-state index in [0.29, 0.717) is 12.2 Å². The van der Waals surface area contributed by atoms with Crippen molar-refractivity contribution in [3.8, 4) is 5.75 Å². The van der Waals surface area contributed by atoms with Gasteiger partial charge in [-0.3, -0.25) is 4.79 Å². The number of amides is 1. The zero-order valence-corrected chi connectivity index (χ0v) is 17.0. The lowest BCUT2D eigenvalue weighted by Gasteiger charge is -2.23. The lowest BCUT2D eigenvalue weighted by atomic mass is 9.97. The summed E-state index contributed by atoms with van der Waals surface area (Å²) in [5, 5.41) is 16.7. The summed E-state index contributed by atoms with van der Waals surface area (Å²) in [7, 11) is 1.59. The van der Waals surface area contributed by atoms with Gasteiger partial charge in [-0.2, -0.15) is 5.10 Å². The van der Waals surface area contributed by atoms with Crippen LogP contribution < -0.4 is 9.84 Å². The summed E-state index contributed by atoms with van der Waals surface area (Å²) >= 11 is 3.42. The molecule has 2 aromatic carbocycles. The molecule has 1 aliphatic heterocycles. The van der Waals surface area contributed by atoms with E-state index in [1.165, 1.54) is 5.01 Å². The molecule has 0 radical (unpaired) electrons. The molecule has 146 valence electrons. The first-order valence-electron chi connectivity index (χ1n) is 8.98. The summed E-state index contributed by atoms with van der Waals surface area (Å²) in [5.74, 6) is -0.689. The van der Waals surface area contributed by atoms with Gasteiger partial charge in [-0.15, -0.1) is 0 Å². The zero-order chi connectivity index (χ0) is 20.1. The van der Waals surface area contributed by atoms with Crippen LogP contribution in [0.5, 0.6) is 5.75 Å². The molecule has 28 heavy (non-hydrogen) atoms. The molecule has 0 bridgehead atoms. The van der Waals surface area contributed by atoms with Crippen molar-refractivity contribution in [2.75, 3.05) is 7.11 Å². The molecular formula is C21H20BrN2O4-. The Balaban J connectivity index is 1.90. The highest BCUT2D eigenvalue weighted by Gasteiger charge is 2.34. The summed E-state index contributed by atoms with van der Waals surface area (Å²) < 4.78 is 6.44. The van der Waals surface area contributed by atoms with Crippen LogP contribution in [-0.4, -0.2) is 29.7 Å². The third-order valence-electron chi connectivity index (χ3n) is 4.61. The number of hydrogen-bond donors (Lipinski definition) is 0. The molecule has 0 spiro atoms. The van der Waals surface area contributed by atoms with E-state index in [1.807, 2.05) is 48.5 Å². The molecule has 1 aliphatic rings. The van der Waals surface area contributed by atoms with Gasteiger partial charge < -0.3 is 14.6 Å². The molecule has 1 heterocycles. The van der Waals surface area contributed by atoms with Crippen LogP contribution >= 0.6 is 15.9 Å². The van der Waals surface area contributed by atoms with Crippen LogP contribution in [0.3, 0.4) is 0 Å². The molecule has 1 atom stereocenters. The van der Waals surface area contributed by atoms with Crippen molar-refractivity contribution < 1.29 is 19.4 Å². The molecule has 6 nitrogen and oxygen atoms in total. The predicted octanol–water partition coefficient (Wildman–Crippen LogP) is 3.06. The average Bonchev–Trinajstić information content (AvgIpc) is 3.13. The Hall–Kier alpha value is -2.67. The highest BCUT2D eigenvalue weighted by Crippen LogP contribution is 2.37. The maximum absolute atomic E-state index is 12.8. The summed E-state index contributed by atoms with van der Waals surface area (Å²) in [6, 6.07) is 15.0. The first-order valence-corrected chi connectivity index (χ1v) is 9.77. The average molecular weight is 444 g/mol. The van der Waals surface area contributed by atoms with Crippen LogP contribution in [0.2, 0.25) is 0 Å². The quantitative estimate of drug-likeness (QED) is 0.658. The number of ether oxygens (including phenoxy) is 1. The number of hydrazone groups is 1. The molecular weight excluding hydrogens is 424 g/mol. The topological polar surface area (TPSA) is 82.0 Å². The number of carboxylic acids is 1. The Labute approximate surface area is 171 Å². The second-order valence-corrected chi connectivity index (χ2v) is 7.40. The fourth-order valence-electron chi connectivity index (χ4n) is 3.24. The Morgan fingerprint density at radius 3 is 2.57 bits per heavy atom. The fraction of sp³-hybridized carbons (Fsp3) is 0.286. The second kappa shape index (κ2) is 9.01. The van der Waals surface area contributed by atoms with Crippen LogP contribution in [0.4, 0.5) is 0 Å². The Morgan fingerprint density at radius 2 is 1.89 bits per heavy atom. The van der Waals surface area contributed by atoms with Crippen LogP contribution in [-0.2, 0) is 9.59 Å². The number of nitrogens with zero attached hydrogens (tertiary/aromatic N) is 2. The number of carbonyl (C=O) groups is 2. The molecule has 0 N–H and O–H groups in total. The minimum atomic E-state index is -1.16. The van der Waals surface area contributed by atoms with E-state index in [4.69, 9.17) is 4.74 Å². The van der Waals surface area contributed by atoms with Crippen LogP contribution in [0.25, 0.3) is 0 Å². The van der Waals surface area contributed by atoms with Gasteiger partial charge in [-0.05, 0) is 36.6 Å². The summed E-state index contributed by atoms with van der Waals surface area (Å²) in [6.45, 7) is 0.